The monoisotopic (exact) mass is 665 g/mol. The van der Waals surface area contributed by atoms with Crippen LogP contribution >= 0.6 is 15.9 Å². The molecule has 24 heteroatoms. The van der Waals surface area contributed by atoms with Gasteiger partial charge < -0.3 is 30.9 Å². The molecule has 44 heavy (non-hydrogen) atoms. The summed E-state index contributed by atoms with van der Waals surface area (Å²) in [6.07, 6.45) is -5.95. The molecule has 9 atom stereocenters. The lowest BCUT2D eigenvalue weighted by molar-refractivity contribution is -0.246. The highest BCUT2D eigenvalue weighted by molar-refractivity contribution is 7.47. The Kier molecular flexibility index (Phi) is 9.37. The number of nitrogens with two attached hydrogens (primary N) is 2. The van der Waals surface area contributed by atoms with Crippen molar-refractivity contribution in [1.29, 1.82) is 0 Å². The predicted octanol–water partition coefficient (Wildman–Crippen LogP) is 0.426. The predicted molar refractivity (Wildman–Crippen MR) is 141 cm³/mol. The lowest BCUT2D eigenvalue weighted by Crippen LogP contribution is -2.34. The van der Waals surface area contributed by atoms with Crippen molar-refractivity contribution in [3.63, 3.8) is 0 Å². The van der Waals surface area contributed by atoms with Gasteiger partial charge in [-0.3, -0.25) is 22.9 Å². The normalized spacial score (nSPS) is 24.4. The fourth-order valence-electron chi connectivity index (χ4n) is 4.49. The summed E-state index contributed by atoms with van der Waals surface area (Å²) in [4.78, 5) is 43.3. The number of nitrogens with zero attached hydrogens (tertiary/aromatic N) is 8. The summed E-state index contributed by atoms with van der Waals surface area (Å²) >= 11 is 0. The van der Waals surface area contributed by atoms with Crippen LogP contribution in [0.1, 0.15) is 19.4 Å². The number of rotatable bonds is 13. The van der Waals surface area contributed by atoms with Crippen LogP contribution in [0.5, 0.6) is 0 Å². The summed E-state index contributed by atoms with van der Waals surface area (Å²) in [6, 6.07) is 0. The molecule has 0 spiro atoms. The van der Waals surface area contributed by atoms with Crippen molar-refractivity contribution < 1.29 is 56.1 Å². The number of aliphatic hydroxyl groups is 1. The molecule has 0 bridgehead atoms. The molecule has 0 radical (unpaired) electrons. The fourth-order valence-corrected chi connectivity index (χ4v) is 5.71. The minimum atomic E-state index is -5.08. The van der Waals surface area contributed by atoms with Crippen LogP contribution in [0.3, 0.4) is 0 Å². The first-order valence-electron chi connectivity index (χ1n) is 12.4. The van der Waals surface area contributed by atoms with Crippen LogP contribution < -0.4 is 11.5 Å². The average molecular weight is 665 g/mol. The van der Waals surface area contributed by atoms with E-state index in [9.17, 15) is 28.4 Å². The van der Waals surface area contributed by atoms with E-state index in [2.05, 4.69) is 29.9 Å². The molecule has 0 aromatic carbocycles. The SMILES string of the molecule is C[C@H](OP(=O)(O)OC[C@H]1O[C@@H](n2cnc3c(N)ncnc32)C(F)C1OC[P+](=O)O)[C@@H](OC(O)F)n1cnc2c(N)ncnc21. The number of hydrogen-bond donors (Lipinski definition) is 5. The van der Waals surface area contributed by atoms with E-state index in [0.717, 1.165) is 23.5 Å². The van der Waals surface area contributed by atoms with Gasteiger partial charge in [-0.2, -0.15) is 9.28 Å². The Balaban J connectivity index is 1.33. The third kappa shape index (κ3) is 6.64. The second kappa shape index (κ2) is 12.9. The molecule has 4 aromatic rings. The van der Waals surface area contributed by atoms with E-state index in [0.29, 0.717) is 0 Å². The molecule has 7 N–H and O–H groups in total. The maximum atomic E-state index is 15.6. The smallest absolute Gasteiger partial charge is 0.382 e. The van der Waals surface area contributed by atoms with E-state index in [1.807, 2.05) is 0 Å². The largest absolute Gasteiger partial charge is 0.534 e. The minimum Gasteiger partial charge on any atom is -0.382 e. The van der Waals surface area contributed by atoms with Crippen LogP contribution in [0.4, 0.5) is 20.4 Å². The van der Waals surface area contributed by atoms with Crippen LogP contribution in [0, 0.1) is 0 Å². The third-order valence-electron chi connectivity index (χ3n) is 6.32. The van der Waals surface area contributed by atoms with Crippen molar-refractivity contribution in [2.24, 2.45) is 0 Å². The Hall–Kier alpha value is -3.43. The number of halogens is 2. The van der Waals surface area contributed by atoms with Crippen LogP contribution in [-0.2, 0) is 32.4 Å². The molecule has 5 unspecified atom stereocenters. The van der Waals surface area contributed by atoms with Crippen molar-refractivity contribution in [2.75, 3.05) is 24.4 Å². The standard InChI is InChI=1S/C20H24F2N10O10P2/c1-8(18(41-20(22)33)31-5-29-11-14(23)25-3-27-16(11)31)42-44(36,37)39-2-9-13(38-7-43(34)35)10(21)19(40-9)32-6-30-12-15(24)26-4-28-17(12)32/h3-6,8-10,13,18-20,33H,2,7H2,1H3,(H5-,23,24,25,26,27,28,34,35,36,37)/p+1/t8-,9+,10?,13?,18+,19+,20?/m0/s1. The molecule has 1 aliphatic heterocycles. The quantitative estimate of drug-likeness (QED) is 0.0955. The first-order chi connectivity index (χ1) is 20.9. The number of hydrogen-bond acceptors (Lipinski definition) is 16. The Bertz CT molecular complexity index is 1700. The number of ether oxygens (including phenoxy) is 3. The van der Waals surface area contributed by atoms with E-state index in [4.69, 9.17) is 34.7 Å². The lowest BCUT2D eigenvalue weighted by atomic mass is 10.1. The Labute approximate surface area is 245 Å². The highest BCUT2D eigenvalue weighted by Crippen LogP contribution is 2.48. The zero-order chi connectivity index (χ0) is 31.8. The van der Waals surface area contributed by atoms with Gasteiger partial charge in [0.05, 0.1) is 19.3 Å². The zero-order valence-corrected chi connectivity index (χ0v) is 24.1. The van der Waals surface area contributed by atoms with Crippen molar-refractivity contribution >= 4 is 49.8 Å². The summed E-state index contributed by atoms with van der Waals surface area (Å²) in [5.41, 5.74) is 11.9. The van der Waals surface area contributed by atoms with E-state index in [1.165, 1.54) is 17.8 Å². The van der Waals surface area contributed by atoms with E-state index < -0.39 is 72.3 Å². The number of phosphoric ester groups is 1. The number of imidazole rings is 2. The van der Waals surface area contributed by atoms with Gasteiger partial charge in [-0.25, -0.2) is 38.9 Å². The van der Waals surface area contributed by atoms with E-state index >= 15 is 4.39 Å². The summed E-state index contributed by atoms with van der Waals surface area (Å²) in [6.45, 7) is -2.50. The number of aromatic nitrogens is 8. The van der Waals surface area contributed by atoms with Gasteiger partial charge in [-0.05, 0) is 11.5 Å². The Morgan fingerprint density at radius 1 is 1.11 bits per heavy atom. The van der Waals surface area contributed by atoms with Crippen molar-refractivity contribution in [1.82, 2.24) is 39.0 Å². The van der Waals surface area contributed by atoms with Crippen LogP contribution in [-0.4, -0.2) is 97.9 Å². The number of phosphoric acid groups is 1. The Morgan fingerprint density at radius 3 is 2.41 bits per heavy atom. The second-order valence-electron chi connectivity index (χ2n) is 9.18. The molecule has 20 nitrogen and oxygen atoms in total. The van der Waals surface area contributed by atoms with Crippen molar-refractivity contribution in [2.45, 2.75) is 50.4 Å². The molecule has 5 rings (SSSR count). The third-order valence-corrected chi connectivity index (χ3v) is 7.77. The topological polar surface area (TPSA) is 280 Å². The van der Waals surface area contributed by atoms with Crippen molar-refractivity contribution in [3.8, 4) is 0 Å². The number of nitrogen functional groups attached to an aromatic ring is 2. The van der Waals surface area contributed by atoms with Crippen LogP contribution in [0.25, 0.3) is 22.3 Å². The summed E-state index contributed by atoms with van der Waals surface area (Å²) in [7, 11) is -7.92. The molecule has 238 valence electrons. The van der Waals surface area contributed by atoms with Gasteiger partial charge in [0.15, 0.2) is 41.6 Å². The van der Waals surface area contributed by atoms with Crippen LogP contribution in [0.15, 0.2) is 25.3 Å². The fraction of sp³-hybridized carbons (Fsp3) is 0.500. The first kappa shape index (κ1) is 32.0. The average Bonchev–Trinajstić information content (AvgIpc) is 3.65. The molecule has 1 aliphatic rings. The number of aliphatic hydroxyl groups excluding tert-OH is 1. The summed E-state index contributed by atoms with van der Waals surface area (Å²) in [5.74, 6) is -0.0111. The van der Waals surface area contributed by atoms with Crippen LogP contribution in [0.2, 0.25) is 0 Å². The maximum Gasteiger partial charge on any atom is 0.534 e. The molecular formula is C20H25F2N10O10P2+. The molecule has 0 saturated carbocycles. The van der Waals surface area contributed by atoms with Crippen molar-refractivity contribution in [3.05, 3.63) is 25.3 Å². The summed E-state index contributed by atoms with van der Waals surface area (Å²) in [5, 5.41) is 9.25. The molecule has 4 aromatic heterocycles. The number of alkyl halides is 2. The van der Waals surface area contributed by atoms with Gasteiger partial charge >= 0.3 is 22.4 Å². The number of anilines is 2. The van der Waals surface area contributed by atoms with Gasteiger partial charge in [0, 0.05) is 0 Å². The first-order valence-corrected chi connectivity index (χ1v) is 15.3. The zero-order valence-electron chi connectivity index (χ0n) is 22.3. The van der Waals surface area contributed by atoms with E-state index in [1.54, 1.807) is 0 Å². The number of fused-ring (bicyclic) bond motifs is 2. The maximum absolute atomic E-state index is 15.6. The lowest BCUT2D eigenvalue weighted by Gasteiger charge is -2.27. The molecule has 1 saturated heterocycles. The molecule has 5 heterocycles. The molecule has 0 aliphatic carbocycles. The molecular weight excluding hydrogens is 640 g/mol. The molecule has 0 amide bonds. The van der Waals surface area contributed by atoms with Gasteiger partial charge in [0.25, 0.3) is 6.35 Å². The highest BCUT2D eigenvalue weighted by atomic mass is 31.2. The summed E-state index contributed by atoms with van der Waals surface area (Å²) < 4.78 is 81.6. The Morgan fingerprint density at radius 2 is 1.75 bits per heavy atom. The molecule has 1 fully saturated rings. The van der Waals surface area contributed by atoms with E-state index in [-0.39, 0.29) is 34.0 Å². The van der Waals surface area contributed by atoms with Gasteiger partial charge in [-0.1, -0.05) is 0 Å². The second-order valence-corrected chi connectivity index (χ2v) is 11.6. The highest BCUT2D eigenvalue weighted by Gasteiger charge is 2.49. The van der Waals surface area contributed by atoms with Gasteiger partial charge in [-0.15, -0.1) is 0 Å². The minimum absolute atomic E-state index is 0.0155. The van der Waals surface area contributed by atoms with Gasteiger partial charge in [0.2, 0.25) is 0 Å². The van der Waals surface area contributed by atoms with Gasteiger partial charge in [0.1, 0.15) is 42.0 Å².